The molecule has 0 aliphatic rings. The standard InChI is InChI=1S/C7H11N3O3/c1-13-3-2-6(7(11)12)10-4-8-9-5-10/h4-6H,2-3H2,1H3,(H,11,12). The lowest BCUT2D eigenvalue weighted by molar-refractivity contribution is -0.141. The molecular weight excluding hydrogens is 174 g/mol. The van der Waals surface area contributed by atoms with Crippen molar-refractivity contribution in [1.82, 2.24) is 14.8 Å². The highest BCUT2D eigenvalue weighted by Crippen LogP contribution is 2.09. The van der Waals surface area contributed by atoms with Gasteiger partial charge in [0, 0.05) is 20.1 Å². The maximum absolute atomic E-state index is 10.8. The quantitative estimate of drug-likeness (QED) is 0.695. The molecule has 13 heavy (non-hydrogen) atoms. The number of aromatic nitrogens is 3. The minimum Gasteiger partial charge on any atom is -0.480 e. The molecule has 6 heteroatoms. The number of carboxylic acids is 1. The van der Waals surface area contributed by atoms with Crippen molar-refractivity contribution in [2.24, 2.45) is 0 Å². The van der Waals surface area contributed by atoms with E-state index >= 15 is 0 Å². The smallest absolute Gasteiger partial charge is 0.326 e. The van der Waals surface area contributed by atoms with E-state index in [9.17, 15) is 4.79 Å². The van der Waals surface area contributed by atoms with Gasteiger partial charge in [-0.05, 0) is 0 Å². The molecule has 0 aliphatic carbocycles. The summed E-state index contributed by atoms with van der Waals surface area (Å²) in [6.07, 6.45) is 3.17. The van der Waals surface area contributed by atoms with Crippen LogP contribution >= 0.6 is 0 Å². The molecule has 0 radical (unpaired) electrons. The van der Waals surface area contributed by atoms with Gasteiger partial charge in [-0.1, -0.05) is 0 Å². The summed E-state index contributed by atoms with van der Waals surface area (Å²) in [7, 11) is 1.53. The lowest BCUT2D eigenvalue weighted by atomic mass is 10.2. The molecule has 1 heterocycles. The second-order valence-corrected chi connectivity index (χ2v) is 2.54. The number of nitrogens with zero attached hydrogens (tertiary/aromatic N) is 3. The number of methoxy groups -OCH3 is 1. The van der Waals surface area contributed by atoms with Gasteiger partial charge in [0.15, 0.2) is 0 Å². The molecule has 0 aromatic carbocycles. The number of aliphatic carboxylic acids is 1. The third kappa shape index (κ3) is 2.51. The molecule has 6 nitrogen and oxygen atoms in total. The topological polar surface area (TPSA) is 77.2 Å². The summed E-state index contributed by atoms with van der Waals surface area (Å²) in [5, 5.41) is 15.9. The highest BCUT2D eigenvalue weighted by Gasteiger charge is 2.18. The minimum absolute atomic E-state index is 0.398. The van der Waals surface area contributed by atoms with Gasteiger partial charge in [0.05, 0.1) is 0 Å². The van der Waals surface area contributed by atoms with Crippen LogP contribution in [0.25, 0.3) is 0 Å². The Hall–Kier alpha value is -1.43. The largest absolute Gasteiger partial charge is 0.480 e. The molecule has 1 atom stereocenters. The molecule has 1 rings (SSSR count). The summed E-state index contributed by atoms with van der Waals surface area (Å²) < 4.78 is 6.25. The van der Waals surface area contributed by atoms with Crippen molar-refractivity contribution >= 4 is 5.97 Å². The predicted molar refractivity (Wildman–Crippen MR) is 43.2 cm³/mol. The van der Waals surface area contributed by atoms with Crippen molar-refractivity contribution in [2.45, 2.75) is 12.5 Å². The van der Waals surface area contributed by atoms with Crippen molar-refractivity contribution in [3.8, 4) is 0 Å². The van der Waals surface area contributed by atoms with E-state index in [0.717, 1.165) is 0 Å². The molecule has 0 fully saturated rings. The van der Waals surface area contributed by atoms with E-state index in [2.05, 4.69) is 10.2 Å². The van der Waals surface area contributed by atoms with Crippen molar-refractivity contribution in [2.75, 3.05) is 13.7 Å². The van der Waals surface area contributed by atoms with Crippen LogP contribution in [0.1, 0.15) is 12.5 Å². The van der Waals surface area contributed by atoms with Crippen LogP contribution < -0.4 is 0 Å². The predicted octanol–water partition coefficient (Wildman–Crippen LogP) is -0.0597. The second kappa shape index (κ2) is 4.56. The molecule has 1 N–H and O–H groups in total. The maximum atomic E-state index is 10.8. The number of carboxylic acid groups (broad SMARTS) is 1. The summed E-state index contributed by atoms with van der Waals surface area (Å²) >= 11 is 0. The van der Waals surface area contributed by atoms with Gasteiger partial charge in [-0.2, -0.15) is 0 Å². The van der Waals surface area contributed by atoms with E-state index < -0.39 is 12.0 Å². The van der Waals surface area contributed by atoms with Crippen LogP contribution in [-0.4, -0.2) is 39.6 Å². The number of ether oxygens (including phenoxy) is 1. The van der Waals surface area contributed by atoms with E-state index in [-0.39, 0.29) is 0 Å². The minimum atomic E-state index is -0.906. The molecular formula is C7H11N3O3. The molecule has 1 aromatic rings. The van der Waals surface area contributed by atoms with Gasteiger partial charge >= 0.3 is 5.97 Å². The Kier molecular flexibility index (Phi) is 3.39. The van der Waals surface area contributed by atoms with Crippen LogP contribution in [0, 0.1) is 0 Å². The Morgan fingerprint density at radius 1 is 1.62 bits per heavy atom. The number of hydrogen-bond donors (Lipinski definition) is 1. The first-order chi connectivity index (χ1) is 6.25. The van der Waals surface area contributed by atoms with Gasteiger partial charge in [0.25, 0.3) is 0 Å². The SMILES string of the molecule is COCCC(C(=O)O)n1cnnc1. The number of rotatable bonds is 5. The number of carbonyl (C=O) groups is 1. The molecule has 0 aliphatic heterocycles. The zero-order valence-electron chi connectivity index (χ0n) is 7.25. The van der Waals surface area contributed by atoms with E-state index in [1.54, 1.807) is 0 Å². The average Bonchev–Trinajstić information content (AvgIpc) is 2.57. The highest BCUT2D eigenvalue weighted by atomic mass is 16.5. The van der Waals surface area contributed by atoms with Crippen LogP contribution in [0.4, 0.5) is 0 Å². The Balaban J connectivity index is 2.63. The zero-order chi connectivity index (χ0) is 9.68. The Morgan fingerprint density at radius 3 is 2.69 bits per heavy atom. The van der Waals surface area contributed by atoms with Crippen molar-refractivity contribution in [1.29, 1.82) is 0 Å². The van der Waals surface area contributed by atoms with Crippen LogP contribution in [0.2, 0.25) is 0 Å². The Labute approximate surface area is 75.2 Å². The second-order valence-electron chi connectivity index (χ2n) is 2.54. The summed E-state index contributed by atoms with van der Waals surface area (Å²) in [4.78, 5) is 10.8. The van der Waals surface area contributed by atoms with Crippen molar-refractivity contribution in [3.63, 3.8) is 0 Å². The summed E-state index contributed by atoms with van der Waals surface area (Å²) in [5.41, 5.74) is 0. The molecule has 0 saturated carbocycles. The summed E-state index contributed by atoms with van der Waals surface area (Å²) in [5.74, 6) is -0.906. The van der Waals surface area contributed by atoms with Gasteiger partial charge in [-0.15, -0.1) is 10.2 Å². The third-order valence-electron chi connectivity index (χ3n) is 1.68. The fourth-order valence-electron chi connectivity index (χ4n) is 0.999. The third-order valence-corrected chi connectivity index (χ3v) is 1.68. The first-order valence-electron chi connectivity index (χ1n) is 3.81. The van der Waals surface area contributed by atoms with Crippen molar-refractivity contribution < 1.29 is 14.6 Å². The number of hydrogen-bond acceptors (Lipinski definition) is 4. The molecule has 72 valence electrons. The van der Waals surface area contributed by atoms with Crippen LogP contribution in [0.5, 0.6) is 0 Å². The van der Waals surface area contributed by atoms with Gasteiger partial charge < -0.3 is 14.4 Å². The first kappa shape index (κ1) is 9.66. The van der Waals surface area contributed by atoms with Gasteiger partial charge in [-0.3, -0.25) is 0 Å². The van der Waals surface area contributed by atoms with Crippen LogP contribution in [-0.2, 0) is 9.53 Å². The fourth-order valence-corrected chi connectivity index (χ4v) is 0.999. The first-order valence-corrected chi connectivity index (χ1v) is 3.81. The molecule has 1 unspecified atom stereocenters. The van der Waals surface area contributed by atoms with Crippen molar-refractivity contribution in [3.05, 3.63) is 12.7 Å². The Bertz CT molecular complexity index is 260. The van der Waals surface area contributed by atoms with E-state index in [1.807, 2.05) is 0 Å². The van der Waals surface area contributed by atoms with Gasteiger partial charge in [-0.25, -0.2) is 4.79 Å². The van der Waals surface area contributed by atoms with Gasteiger partial charge in [0.1, 0.15) is 18.7 Å². The summed E-state index contributed by atoms with van der Waals surface area (Å²) in [6, 6.07) is -0.644. The molecule has 0 saturated heterocycles. The lowest BCUT2D eigenvalue weighted by Gasteiger charge is -2.11. The molecule has 1 aromatic heterocycles. The monoisotopic (exact) mass is 185 g/mol. The van der Waals surface area contributed by atoms with E-state index in [0.29, 0.717) is 13.0 Å². The maximum Gasteiger partial charge on any atom is 0.326 e. The normalized spacial score (nSPS) is 12.7. The highest BCUT2D eigenvalue weighted by molar-refractivity contribution is 5.71. The molecule has 0 bridgehead atoms. The zero-order valence-corrected chi connectivity index (χ0v) is 7.25. The Morgan fingerprint density at radius 2 is 2.23 bits per heavy atom. The molecule has 0 amide bonds. The lowest BCUT2D eigenvalue weighted by Crippen LogP contribution is -2.19. The van der Waals surface area contributed by atoms with E-state index in [1.165, 1.54) is 24.3 Å². The average molecular weight is 185 g/mol. The van der Waals surface area contributed by atoms with Crippen LogP contribution in [0.15, 0.2) is 12.7 Å². The van der Waals surface area contributed by atoms with Crippen LogP contribution in [0.3, 0.4) is 0 Å². The van der Waals surface area contributed by atoms with E-state index in [4.69, 9.17) is 9.84 Å². The molecule has 0 spiro atoms. The van der Waals surface area contributed by atoms with Gasteiger partial charge in [0.2, 0.25) is 0 Å². The fraction of sp³-hybridized carbons (Fsp3) is 0.571. The summed E-state index contributed by atoms with van der Waals surface area (Å²) in [6.45, 7) is 0.398.